The molecular formula is C17H34N2O. The molecule has 2 N–H and O–H groups in total. The van der Waals surface area contributed by atoms with E-state index in [1.54, 1.807) is 0 Å². The van der Waals surface area contributed by atoms with Crippen LogP contribution >= 0.6 is 0 Å². The van der Waals surface area contributed by atoms with Crippen LogP contribution in [0.2, 0.25) is 0 Å². The second kappa shape index (κ2) is 6.76. The summed E-state index contributed by atoms with van der Waals surface area (Å²) >= 11 is 0. The Hall–Kier alpha value is -0.120. The topological polar surface area (TPSA) is 35.5 Å². The first kappa shape index (κ1) is 16.3. The lowest BCUT2D eigenvalue weighted by Gasteiger charge is -2.43. The van der Waals surface area contributed by atoms with Crippen LogP contribution in [0, 0.1) is 11.3 Å². The molecule has 2 aliphatic carbocycles. The number of aliphatic hydroxyl groups is 1. The average molecular weight is 282 g/mol. The van der Waals surface area contributed by atoms with Crippen LogP contribution < -0.4 is 5.32 Å². The molecule has 0 aliphatic heterocycles. The first-order chi connectivity index (χ1) is 9.47. The van der Waals surface area contributed by atoms with Crippen LogP contribution in [-0.2, 0) is 0 Å². The van der Waals surface area contributed by atoms with Gasteiger partial charge in [0, 0.05) is 19.6 Å². The van der Waals surface area contributed by atoms with Crippen molar-refractivity contribution in [2.75, 3.05) is 33.7 Å². The second-order valence-electron chi connectivity index (χ2n) is 7.84. The fraction of sp³-hybridized carbons (Fsp3) is 1.00. The van der Waals surface area contributed by atoms with Crippen molar-refractivity contribution in [3.8, 4) is 0 Å². The quantitative estimate of drug-likeness (QED) is 0.786. The summed E-state index contributed by atoms with van der Waals surface area (Å²) in [4.78, 5) is 2.40. The zero-order valence-corrected chi connectivity index (χ0v) is 13.7. The fourth-order valence-corrected chi connectivity index (χ4v) is 4.83. The molecule has 20 heavy (non-hydrogen) atoms. The van der Waals surface area contributed by atoms with Crippen molar-refractivity contribution < 1.29 is 5.11 Å². The number of nitrogens with zero attached hydrogens (tertiary/aromatic N) is 1. The van der Waals surface area contributed by atoms with Gasteiger partial charge in [-0.3, -0.25) is 0 Å². The number of nitrogens with one attached hydrogen (secondary N) is 1. The van der Waals surface area contributed by atoms with Crippen molar-refractivity contribution in [3.63, 3.8) is 0 Å². The number of hydrogen-bond acceptors (Lipinski definition) is 3. The summed E-state index contributed by atoms with van der Waals surface area (Å²) in [7, 11) is 4.28. The Morgan fingerprint density at radius 1 is 1.15 bits per heavy atom. The SMILES string of the molecule is CNCC1(CN(C)CC2(O)CCCC2)CCCC(C)C1. The molecule has 118 valence electrons. The van der Waals surface area contributed by atoms with E-state index in [1.165, 1.54) is 38.5 Å². The van der Waals surface area contributed by atoms with Crippen molar-refractivity contribution in [2.45, 2.75) is 63.9 Å². The predicted octanol–water partition coefficient (Wildman–Crippen LogP) is 2.64. The Kier molecular flexibility index (Phi) is 5.49. The molecule has 2 saturated carbocycles. The van der Waals surface area contributed by atoms with Gasteiger partial charge in [0.2, 0.25) is 0 Å². The molecule has 0 spiro atoms. The molecule has 0 aromatic carbocycles. The van der Waals surface area contributed by atoms with Crippen molar-refractivity contribution in [1.82, 2.24) is 10.2 Å². The average Bonchev–Trinajstić information content (AvgIpc) is 2.75. The Morgan fingerprint density at radius 2 is 1.85 bits per heavy atom. The Morgan fingerprint density at radius 3 is 2.45 bits per heavy atom. The summed E-state index contributed by atoms with van der Waals surface area (Å²) in [5.74, 6) is 0.847. The van der Waals surface area contributed by atoms with Gasteiger partial charge >= 0.3 is 0 Å². The minimum absolute atomic E-state index is 0.407. The Labute approximate surface area is 125 Å². The summed E-state index contributed by atoms with van der Waals surface area (Å²) in [6.07, 6.45) is 9.79. The van der Waals surface area contributed by atoms with Crippen LogP contribution in [0.4, 0.5) is 0 Å². The number of likely N-dealkylation sites (N-methyl/N-ethyl adjacent to an activating group) is 1. The molecule has 2 aliphatic rings. The highest BCUT2D eigenvalue weighted by atomic mass is 16.3. The normalized spacial score (nSPS) is 33.8. The van der Waals surface area contributed by atoms with E-state index in [2.05, 4.69) is 31.2 Å². The summed E-state index contributed by atoms with van der Waals surface area (Å²) < 4.78 is 0. The third-order valence-corrected chi connectivity index (χ3v) is 5.44. The standard InChI is InChI=1S/C17H34N2O/c1-15-7-6-8-16(11-15,12-18-2)13-19(3)14-17(20)9-4-5-10-17/h15,18,20H,4-14H2,1-3H3. The highest BCUT2D eigenvalue weighted by Crippen LogP contribution is 2.40. The molecule has 3 nitrogen and oxygen atoms in total. The summed E-state index contributed by atoms with van der Waals surface area (Å²) in [5, 5.41) is 14.0. The van der Waals surface area contributed by atoms with Gasteiger partial charge in [0.1, 0.15) is 0 Å². The van der Waals surface area contributed by atoms with Crippen LogP contribution in [0.3, 0.4) is 0 Å². The molecule has 0 amide bonds. The van der Waals surface area contributed by atoms with Crippen molar-refractivity contribution in [1.29, 1.82) is 0 Å². The fourth-order valence-electron chi connectivity index (χ4n) is 4.83. The van der Waals surface area contributed by atoms with Gasteiger partial charge in [-0.05, 0) is 51.1 Å². The smallest absolute Gasteiger partial charge is 0.0774 e. The second-order valence-corrected chi connectivity index (χ2v) is 7.84. The van der Waals surface area contributed by atoms with Crippen LogP contribution in [0.5, 0.6) is 0 Å². The maximum absolute atomic E-state index is 10.6. The van der Waals surface area contributed by atoms with Gasteiger partial charge in [0.25, 0.3) is 0 Å². The summed E-state index contributed by atoms with van der Waals surface area (Å²) in [6, 6.07) is 0. The Bertz CT molecular complexity index is 297. The molecule has 3 heteroatoms. The van der Waals surface area contributed by atoms with Gasteiger partial charge in [-0.1, -0.05) is 32.6 Å². The molecule has 2 rings (SSSR count). The van der Waals surface area contributed by atoms with E-state index in [-0.39, 0.29) is 0 Å². The summed E-state index contributed by atoms with van der Waals surface area (Å²) in [5.41, 5.74) is 0.00595. The Balaban J connectivity index is 1.93. The van der Waals surface area contributed by atoms with Crippen molar-refractivity contribution in [2.24, 2.45) is 11.3 Å². The molecule has 2 atom stereocenters. The van der Waals surface area contributed by atoms with E-state index in [1.807, 2.05) is 0 Å². The molecule has 2 unspecified atom stereocenters. The van der Waals surface area contributed by atoms with Gasteiger partial charge in [0.05, 0.1) is 5.60 Å². The first-order valence-corrected chi connectivity index (χ1v) is 8.53. The van der Waals surface area contributed by atoms with Crippen LogP contribution in [0.1, 0.15) is 58.3 Å². The molecule has 0 heterocycles. The van der Waals surface area contributed by atoms with Gasteiger partial charge in [-0.15, -0.1) is 0 Å². The van der Waals surface area contributed by atoms with Crippen molar-refractivity contribution in [3.05, 3.63) is 0 Å². The van der Waals surface area contributed by atoms with E-state index in [0.29, 0.717) is 5.41 Å². The van der Waals surface area contributed by atoms with Crippen LogP contribution in [-0.4, -0.2) is 49.3 Å². The lowest BCUT2D eigenvalue weighted by molar-refractivity contribution is -0.00215. The van der Waals surface area contributed by atoms with E-state index in [0.717, 1.165) is 38.4 Å². The number of rotatable bonds is 6. The first-order valence-electron chi connectivity index (χ1n) is 8.53. The van der Waals surface area contributed by atoms with Crippen LogP contribution in [0.25, 0.3) is 0 Å². The predicted molar refractivity (Wildman–Crippen MR) is 84.9 cm³/mol. The monoisotopic (exact) mass is 282 g/mol. The molecule has 2 fully saturated rings. The minimum atomic E-state index is -0.407. The van der Waals surface area contributed by atoms with E-state index >= 15 is 0 Å². The zero-order valence-electron chi connectivity index (χ0n) is 13.7. The summed E-state index contributed by atoms with van der Waals surface area (Å²) in [6.45, 7) is 5.49. The van der Waals surface area contributed by atoms with Crippen molar-refractivity contribution >= 4 is 0 Å². The third-order valence-electron chi connectivity index (χ3n) is 5.44. The lowest BCUT2D eigenvalue weighted by Crippen LogP contribution is -2.48. The van der Waals surface area contributed by atoms with Gasteiger partial charge in [0.15, 0.2) is 0 Å². The molecule has 0 saturated heterocycles. The molecular weight excluding hydrogens is 248 g/mol. The minimum Gasteiger partial charge on any atom is -0.389 e. The molecule has 0 radical (unpaired) electrons. The van der Waals surface area contributed by atoms with E-state index < -0.39 is 5.60 Å². The largest absolute Gasteiger partial charge is 0.389 e. The van der Waals surface area contributed by atoms with Gasteiger partial charge < -0.3 is 15.3 Å². The zero-order chi connectivity index (χ0) is 14.6. The van der Waals surface area contributed by atoms with Gasteiger partial charge in [-0.25, -0.2) is 0 Å². The highest BCUT2D eigenvalue weighted by molar-refractivity contribution is 4.92. The molecule has 0 bridgehead atoms. The lowest BCUT2D eigenvalue weighted by atomic mass is 9.69. The maximum Gasteiger partial charge on any atom is 0.0774 e. The third kappa shape index (κ3) is 4.19. The highest BCUT2D eigenvalue weighted by Gasteiger charge is 2.38. The molecule has 0 aromatic rings. The van der Waals surface area contributed by atoms with E-state index in [9.17, 15) is 5.11 Å². The number of hydrogen-bond donors (Lipinski definition) is 2. The van der Waals surface area contributed by atoms with Gasteiger partial charge in [-0.2, -0.15) is 0 Å². The molecule has 0 aromatic heterocycles. The van der Waals surface area contributed by atoms with E-state index in [4.69, 9.17) is 0 Å². The van der Waals surface area contributed by atoms with Crippen LogP contribution in [0.15, 0.2) is 0 Å². The maximum atomic E-state index is 10.6.